The lowest BCUT2D eigenvalue weighted by Gasteiger charge is -2.11. The molecule has 0 saturated carbocycles. The van der Waals surface area contributed by atoms with Crippen LogP contribution in [0.3, 0.4) is 0 Å². The van der Waals surface area contributed by atoms with Gasteiger partial charge in [-0.25, -0.2) is 4.98 Å². The van der Waals surface area contributed by atoms with Gasteiger partial charge in [-0.2, -0.15) is 23.0 Å². The van der Waals surface area contributed by atoms with Crippen LogP contribution in [0.4, 0.5) is 18.3 Å². The molecule has 1 N–H and O–H groups in total. The fourth-order valence-corrected chi connectivity index (χ4v) is 4.81. The fourth-order valence-electron chi connectivity index (χ4n) is 3.80. The van der Waals surface area contributed by atoms with Crippen LogP contribution < -0.4 is 20.5 Å². The maximum absolute atomic E-state index is 13.3. The molecule has 0 saturated heterocycles. The van der Waals surface area contributed by atoms with E-state index in [2.05, 4.69) is 33.6 Å². The van der Waals surface area contributed by atoms with Gasteiger partial charge in [0.25, 0.3) is 5.91 Å². The fraction of sp³-hybridized carbons (Fsp3) is 0.160. The van der Waals surface area contributed by atoms with Crippen molar-refractivity contribution in [3.63, 3.8) is 0 Å². The van der Waals surface area contributed by atoms with Crippen LogP contribution in [0.15, 0.2) is 60.0 Å². The summed E-state index contributed by atoms with van der Waals surface area (Å²) in [7, 11) is 0. The summed E-state index contributed by atoms with van der Waals surface area (Å²) in [5.74, 6) is -0.749. The second kappa shape index (κ2) is 9.79. The number of anilines is 1. The van der Waals surface area contributed by atoms with Crippen molar-refractivity contribution in [2.24, 2.45) is 0 Å². The highest BCUT2D eigenvalue weighted by Gasteiger charge is 2.36. The number of rotatable bonds is 6. The van der Waals surface area contributed by atoms with E-state index in [0.717, 1.165) is 28.1 Å². The van der Waals surface area contributed by atoms with Crippen molar-refractivity contribution in [2.45, 2.75) is 18.5 Å². The molecule has 36 heavy (non-hydrogen) atoms. The van der Waals surface area contributed by atoms with Gasteiger partial charge in [0.05, 0.1) is 16.4 Å². The number of aromatic nitrogens is 3. The van der Waals surface area contributed by atoms with E-state index in [1.807, 2.05) is 23.6 Å². The van der Waals surface area contributed by atoms with Gasteiger partial charge in [-0.15, -0.1) is 11.3 Å². The summed E-state index contributed by atoms with van der Waals surface area (Å²) < 4.78 is 46.1. The standard InChI is InChI=1S/C25H18ClF3N4O2S/c26-18-7-3-4-8-20(18)33-23(12-21(32-33)25(27,28)29)35-13-22(34)31-24-30-19(14-36-24)17-10-9-15-5-1-2-6-16(15)11-17/h1-9,11-12,14,17H,10,13H2,(H,30,31,34). The second-order valence-electron chi connectivity index (χ2n) is 7.99. The number of carbonyl (C=O) groups excluding carboxylic acids is 1. The molecule has 2 aromatic carbocycles. The first-order chi connectivity index (χ1) is 17.3. The number of thiazole rings is 1. The number of ether oxygens (including phenoxy) is 1. The van der Waals surface area contributed by atoms with Gasteiger partial charge in [-0.3, -0.25) is 10.1 Å². The van der Waals surface area contributed by atoms with Crippen LogP contribution in [0, 0.1) is 0 Å². The van der Waals surface area contributed by atoms with Gasteiger partial charge in [0.1, 0.15) is 0 Å². The van der Waals surface area contributed by atoms with E-state index in [4.69, 9.17) is 16.3 Å². The van der Waals surface area contributed by atoms with Crippen molar-refractivity contribution in [2.75, 3.05) is 11.9 Å². The molecule has 0 radical (unpaired) electrons. The molecular weight excluding hydrogens is 513 g/mol. The molecule has 0 bridgehead atoms. The lowest BCUT2D eigenvalue weighted by atomic mass is 9.95. The number of amides is 1. The molecule has 184 valence electrons. The van der Waals surface area contributed by atoms with Gasteiger partial charge in [0.2, 0.25) is 5.88 Å². The molecule has 5 rings (SSSR count). The number of benzene rings is 2. The average molecular weight is 531 g/mol. The summed E-state index contributed by atoms with van der Waals surface area (Å²) in [4.78, 5) is 17.0. The van der Waals surface area contributed by atoms with Crippen molar-refractivity contribution in [3.05, 3.63) is 86.8 Å². The van der Waals surface area contributed by atoms with Crippen LogP contribution in [0.2, 0.25) is 5.02 Å². The van der Waals surface area contributed by atoms with E-state index in [1.54, 1.807) is 12.1 Å². The molecule has 1 unspecified atom stereocenters. The number of carbonyl (C=O) groups is 1. The predicted octanol–water partition coefficient (Wildman–Crippen LogP) is 4.77. The Labute approximate surface area is 212 Å². The van der Waals surface area contributed by atoms with Gasteiger partial charge in [0, 0.05) is 17.4 Å². The molecule has 1 aliphatic rings. The molecule has 0 aliphatic heterocycles. The summed E-state index contributed by atoms with van der Waals surface area (Å²) in [5.41, 5.74) is -0.144. The molecule has 1 amide bonds. The normalized spacial score (nSPS) is 14.9. The van der Waals surface area contributed by atoms with Gasteiger partial charge >= 0.3 is 6.18 Å². The number of hydrogen-bond donors (Lipinski definition) is 1. The highest BCUT2D eigenvalue weighted by Crippen LogP contribution is 2.33. The first kappa shape index (κ1) is 24.1. The van der Waals surface area contributed by atoms with Crippen LogP contribution in [-0.2, 0) is 11.0 Å². The third-order valence-electron chi connectivity index (χ3n) is 5.52. The zero-order valence-corrected chi connectivity index (χ0v) is 20.1. The molecule has 1 aliphatic carbocycles. The number of nitrogens with zero attached hydrogens (tertiary/aromatic N) is 3. The molecule has 4 aromatic rings. The van der Waals surface area contributed by atoms with Crippen LogP contribution in [0.1, 0.15) is 23.7 Å². The number of para-hydroxylation sites is 1. The van der Waals surface area contributed by atoms with Crippen LogP contribution in [0.5, 0.6) is 5.88 Å². The van der Waals surface area contributed by atoms with E-state index >= 15 is 0 Å². The zero-order chi connectivity index (χ0) is 25.3. The average Bonchev–Trinajstić information content (AvgIpc) is 3.50. The largest absolute Gasteiger partial charge is 0.467 e. The molecule has 2 heterocycles. The van der Waals surface area contributed by atoms with Crippen molar-refractivity contribution in [1.82, 2.24) is 14.8 Å². The summed E-state index contributed by atoms with van der Waals surface area (Å²) in [6.07, 6.45) is 0.402. The topological polar surface area (TPSA) is 69.0 Å². The first-order valence-electron chi connectivity index (χ1n) is 10.9. The lowest BCUT2D eigenvalue weighted by Crippen LogP contribution is -2.27. The molecule has 1 atom stereocenters. The van der Waals surface area contributed by atoms with Gasteiger partial charge < -0.3 is 4.74 Å². The Morgan fingerprint density at radius 3 is 2.69 bits per heavy atom. The van der Waals surface area contributed by atoms with Crippen molar-refractivity contribution in [3.8, 4) is 11.6 Å². The van der Waals surface area contributed by atoms with E-state index < -0.39 is 24.4 Å². The highest BCUT2D eigenvalue weighted by atomic mass is 35.5. The van der Waals surface area contributed by atoms with Crippen LogP contribution in [-0.4, -0.2) is 27.3 Å². The van der Waals surface area contributed by atoms with Gasteiger partial charge in [-0.05, 0) is 29.0 Å². The first-order valence-corrected chi connectivity index (χ1v) is 12.1. The minimum atomic E-state index is -4.70. The predicted molar refractivity (Wildman–Crippen MR) is 132 cm³/mol. The summed E-state index contributed by atoms with van der Waals surface area (Å²) >= 11 is 7.40. The maximum atomic E-state index is 13.3. The monoisotopic (exact) mass is 530 g/mol. The molecule has 11 heteroatoms. The number of hydrogen-bond acceptors (Lipinski definition) is 5. The Morgan fingerprint density at radius 1 is 1.17 bits per heavy atom. The maximum Gasteiger partial charge on any atom is 0.435 e. The molecular formula is C25H18ClF3N4O2S. The van der Waals surface area contributed by atoms with E-state index in [0.29, 0.717) is 5.13 Å². The van der Waals surface area contributed by atoms with Gasteiger partial charge in [-0.1, -0.05) is 60.2 Å². The second-order valence-corrected chi connectivity index (χ2v) is 9.25. The Kier molecular flexibility index (Phi) is 6.55. The summed E-state index contributed by atoms with van der Waals surface area (Å²) in [6.45, 7) is -0.543. The SMILES string of the molecule is O=C(COc1cc(C(F)(F)F)nn1-c1ccccc1Cl)Nc1nc(C2C=c3ccccc3=CC2)cs1. The smallest absolute Gasteiger partial charge is 0.435 e. The lowest BCUT2D eigenvalue weighted by molar-refractivity contribution is -0.141. The number of nitrogens with one attached hydrogen (secondary N) is 1. The van der Waals surface area contributed by atoms with Crippen molar-refractivity contribution in [1.29, 1.82) is 0 Å². The molecule has 2 aromatic heterocycles. The number of fused-ring (bicyclic) bond motifs is 1. The zero-order valence-electron chi connectivity index (χ0n) is 18.5. The third kappa shape index (κ3) is 5.14. The van der Waals surface area contributed by atoms with Gasteiger partial charge in [0.15, 0.2) is 17.4 Å². The van der Waals surface area contributed by atoms with E-state index in [9.17, 15) is 18.0 Å². The third-order valence-corrected chi connectivity index (χ3v) is 6.61. The number of alkyl halides is 3. The Balaban J connectivity index is 1.28. The molecule has 6 nitrogen and oxygen atoms in total. The minimum absolute atomic E-state index is 0.0869. The quantitative estimate of drug-likeness (QED) is 0.390. The Bertz CT molecular complexity index is 1550. The molecule has 0 fully saturated rings. The molecule has 0 spiro atoms. The number of halogens is 4. The van der Waals surface area contributed by atoms with Crippen LogP contribution >= 0.6 is 22.9 Å². The van der Waals surface area contributed by atoms with Crippen molar-refractivity contribution < 1.29 is 22.7 Å². The van der Waals surface area contributed by atoms with E-state index in [-0.39, 0.29) is 22.5 Å². The minimum Gasteiger partial charge on any atom is -0.467 e. The van der Waals surface area contributed by atoms with Crippen LogP contribution in [0.25, 0.3) is 17.8 Å². The Hall–Kier alpha value is -3.63. The Morgan fingerprint density at radius 2 is 1.92 bits per heavy atom. The summed E-state index contributed by atoms with van der Waals surface area (Å²) in [5, 5.41) is 11.0. The van der Waals surface area contributed by atoms with Crippen molar-refractivity contribution >= 4 is 46.1 Å². The highest BCUT2D eigenvalue weighted by molar-refractivity contribution is 7.13. The summed E-state index contributed by atoms with van der Waals surface area (Å²) in [6, 6.07) is 15.1. The van der Waals surface area contributed by atoms with E-state index in [1.165, 1.54) is 28.7 Å².